The molecule has 0 radical (unpaired) electrons. The number of aromatic nitrogens is 4. The highest BCUT2D eigenvalue weighted by Crippen LogP contribution is 2.08. The molecule has 0 aliphatic carbocycles. The van der Waals surface area contributed by atoms with Gasteiger partial charge in [-0.15, -0.1) is 0 Å². The maximum absolute atomic E-state index is 12.1. The molecule has 1 amide bonds. The van der Waals surface area contributed by atoms with Crippen LogP contribution in [-0.2, 0) is 19.9 Å². The molecule has 2 aromatic heterocycles. The summed E-state index contributed by atoms with van der Waals surface area (Å²) in [5.41, 5.74) is 3.82. The average Bonchev–Trinajstić information content (AvgIpc) is 3.00. The second-order valence-corrected chi connectivity index (χ2v) is 4.90. The predicted octanol–water partition coefficient (Wildman–Crippen LogP) is 1.38. The van der Waals surface area contributed by atoms with Crippen molar-refractivity contribution in [2.75, 3.05) is 6.54 Å². The maximum atomic E-state index is 12.1. The van der Waals surface area contributed by atoms with Crippen molar-refractivity contribution in [3.05, 3.63) is 34.9 Å². The molecule has 2 N–H and O–H groups in total. The highest BCUT2D eigenvalue weighted by atomic mass is 16.1. The Morgan fingerprint density at radius 1 is 1.50 bits per heavy atom. The summed E-state index contributed by atoms with van der Waals surface area (Å²) >= 11 is 0. The number of hydrogen-bond acceptors (Lipinski definition) is 3. The molecule has 108 valence electrons. The zero-order chi connectivity index (χ0) is 14.5. The van der Waals surface area contributed by atoms with Crippen molar-refractivity contribution in [1.29, 1.82) is 0 Å². The molecule has 6 heteroatoms. The summed E-state index contributed by atoms with van der Waals surface area (Å²) in [6.45, 7) is 4.66. The standard InChI is InChI=1S/C14H21N5O/c1-4-13-12(9-19(3)18-13)14(20)15-7-5-6-11-8-16-17-10(11)2/h8-9H,4-7H2,1-3H3,(H,15,20)(H,16,17). The van der Waals surface area contributed by atoms with Crippen LogP contribution in [0.5, 0.6) is 0 Å². The van der Waals surface area contributed by atoms with Crippen LogP contribution in [0.3, 0.4) is 0 Å². The van der Waals surface area contributed by atoms with Gasteiger partial charge in [0.05, 0.1) is 17.5 Å². The summed E-state index contributed by atoms with van der Waals surface area (Å²) in [6, 6.07) is 0. The van der Waals surface area contributed by atoms with Gasteiger partial charge in [0.15, 0.2) is 0 Å². The number of nitrogens with one attached hydrogen (secondary N) is 2. The number of H-pyrrole nitrogens is 1. The van der Waals surface area contributed by atoms with Crippen LogP contribution in [0.15, 0.2) is 12.4 Å². The normalized spacial score (nSPS) is 10.8. The SMILES string of the molecule is CCc1nn(C)cc1C(=O)NCCCc1cn[nH]c1C. The van der Waals surface area contributed by atoms with Gasteiger partial charge >= 0.3 is 0 Å². The molecule has 0 aliphatic heterocycles. The van der Waals surface area contributed by atoms with Gasteiger partial charge in [-0.3, -0.25) is 14.6 Å². The molecule has 2 heterocycles. The van der Waals surface area contributed by atoms with Crippen LogP contribution in [0.1, 0.15) is 40.7 Å². The summed E-state index contributed by atoms with van der Waals surface area (Å²) in [7, 11) is 1.83. The van der Waals surface area contributed by atoms with Gasteiger partial charge in [-0.2, -0.15) is 10.2 Å². The van der Waals surface area contributed by atoms with E-state index in [1.54, 1.807) is 10.9 Å². The molecule has 2 aromatic rings. The third-order valence-electron chi connectivity index (χ3n) is 3.33. The fourth-order valence-electron chi connectivity index (χ4n) is 2.19. The highest BCUT2D eigenvalue weighted by Gasteiger charge is 2.13. The van der Waals surface area contributed by atoms with Crippen LogP contribution in [0.2, 0.25) is 0 Å². The van der Waals surface area contributed by atoms with Crippen LogP contribution in [-0.4, -0.2) is 32.4 Å². The fraction of sp³-hybridized carbons (Fsp3) is 0.500. The summed E-state index contributed by atoms with van der Waals surface area (Å²) in [5, 5.41) is 14.1. The van der Waals surface area contributed by atoms with Crippen molar-refractivity contribution in [1.82, 2.24) is 25.3 Å². The topological polar surface area (TPSA) is 75.6 Å². The van der Waals surface area contributed by atoms with Crippen molar-refractivity contribution >= 4 is 5.91 Å². The minimum atomic E-state index is -0.0427. The third-order valence-corrected chi connectivity index (χ3v) is 3.33. The van der Waals surface area contributed by atoms with E-state index < -0.39 is 0 Å². The molecular formula is C14H21N5O. The van der Waals surface area contributed by atoms with E-state index in [4.69, 9.17) is 0 Å². The first-order valence-electron chi connectivity index (χ1n) is 6.91. The Hall–Kier alpha value is -2.11. The summed E-state index contributed by atoms with van der Waals surface area (Å²) < 4.78 is 1.68. The molecule has 0 aliphatic rings. The predicted molar refractivity (Wildman–Crippen MR) is 76.6 cm³/mol. The van der Waals surface area contributed by atoms with Crippen LogP contribution in [0.4, 0.5) is 0 Å². The zero-order valence-corrected chi connectivity index (χ0v) is 12.2. The smallest absolute Gasteiger partial charge is 0.254 e. The monoisotopic (exact) mass is 275 g/mol. The van der Waals surface area contributed by atoms with Gasteiger partial charge in [-0.05, 0) is 31.7 Å². The lowest BCUT2D eigenvalue weighted by molar-refractivity contribution is 0.0952. The van der Waals surface area contributed by atoms with Gasteiger partial charge in [0.1, 0.15) is 0 Å². The van der Waals surface area contributed by atoms with E-state index in [1.165, 1.54) is 5.56 Å². The Bertz CT molecular complexity index is 584. The van der Waals surface area contributed by atoms with Gasteiger partial charge in [-0.25, -0.2) is 0 Å². The van der Waals surface area contributed by atoms with Crippen LogP contribution < -0.4 is 5.32 Å². The molecule has 0 unspecified atom stereocenters. The molecule has 0 saturated carbocycles. The Labute approximate surface area is 118 Å². The summed E-state index contributed by atoms with van der Waals surface area (Å²) in [6.07, 6.45) is 6.18. The molecule has 20 heavy (non-hydrogen) atoms. The molecule has 0 aromatic carbocycles. The van der Waals surface area contributed by atoms with Gasteiger partial charge < -0.3 is 5.32 Å². The highest BCUT2D eigenvalue weighted by molar-refractivity contribution is 5.95. The van der Waals surface area contributed by atoms with E-state index in [-0.39, 0.29) is 5.91 Å². The third kappa shape index (κ3) is 3.26. The van der Waals surface area contributed by atoms with E-state index in [1.807, 2.05) is 27.1 Å². The number of hydrogen-bond donors (Lipinski definition) is 2. The molecule has 0 fully saturated rings. The molecular weight excluding hydrogens is 254 g/mol. The number of rotatable bonds is 6. The number of amides is 1. The lowest BCUT2D eigenvalue weighted by Gasteiger charge is -2.04. The van der Waals surface area contributed by atoms with Gasteiger partial charge in [0, 0.05) is 25.5 Å². The zero-order valence-electron chi connectivity index (χ0n) is 12.2. The van der Waals surface area contributed by atoms with Crippen molar-refractivity contribution in [3.63, 3.8) is 0 Å². The molecule has 0 spiro atoms. The van der Waals surface area contributed by atoms with Gasteiger partial charge in [0.2, 0.25) is 0 Å². The number of carbonyl (C=O) groups is 1. The summed E-state index contributed by atoms with van der Waals surface area (Å²) in [4.78, 5) is 12.1. The Balaban J connectivity index is 1.82. The van der Waals surface area contributed by atoms with Gasteiger partial charge in [-0.1, -0.05) is 6.92 Å². The summed E-state index contributed by atoms with van der Waals surface area (Å²) in [5.74, 6) is -0.0427. The minimum Gasteiger partial charge on any atom is -0.352 e. The maximum Gasteiger partial charge on any atom is 0.254 e. The lowest BCUT2D eigenvalue weighted by Crippen LogP contribution is -2.25. The van der Waals surface area contributed by atoms with Crippen molar-refractivity contribution in [3.8, 4) is 0 Å². The molecule has 0 atom stereocenters. The first-order chi connectivity index (χ1) is 9.61. The van der Waals surface area contributed by atoms with Crippen LogP contribution in [0.25, 0.3) is 0 Å². The fourth-order valence-corrected chi connectivity index (χ4v) is 2.19. The molecule has 0 bridgehead atoms. The Morgan fingerprint density at radius 3 is 2.95 bits per heavy atom. The molecule has 0 saturated heterocycles. The van der Waals surface area contributed by atoms with Crippen molar-refractivity contribution < 1.29 is 4.79 Å². The van der Waals surface area contributed by atoms with Crippen molar-refractivity contribution in [2.45, 2.75) is 33.1 Å². The largest absolute Gasteiger partial charge is 0.352 e. The van der Waals surface area contributed by atoms with E-state index in [2.05, 4.69) is 20.6 Å². The minimum absolute atomic E-state index is 0.0427. The van der Waals surface area contributed by atoms with Crippen LogP contribution >= 0.6 is 0 Å². The average molecular weight is 275 g/mol. The first kappa shape index (κ1) is 14.3. The van der Waals surface area contributed by atoms with E-state index in [0.29, 0.717) is 12.1 Å². The second kappa shape index (κ2) is 6.36. The first-order valence-corrected chi connectivity index (χ1v) is 6.91. The van der Waals surface area contributed by atoms with E-state index >= 15 is 0 Å². The Morgan fingerprint density at radius 2 is 2.30 bits per heavy atom. The van der Waals surface area contributed by atoms with Crippen LogP contribution in [0, 0.1) is 6.92 Å². The number of aromatic amines is 1. The number of carbonyl (C=O) groups excluding carboxylic acids is 1. The number of aryl methyl sites for hydroxylation is 4. The number of nitrogens with zero attached hydrogens (tertiary/aromatic N) is 3. The second-order valence-electron chi connectivity index (χ2n) is 4.90. The van der Waals surface area contributed by atoms with E-state index in [0.717, 1.165) is 30.7 Å². The van der Waals surface area contributed by atoms with Crippen molar-refractivity contribution in [2.24, 2.45) is 7.05 Å². The molecule has 6 nitrogen and oxygen atoms in total. The lowest BCUT2D eigenvalue weighted by atomic mass is 10.1. The molecule has 2 rings (SSSR count). The quantitative estimate of drug-likeness (QED) is 0.782. The Kier molecular flexibility index (Phi) is 4.55. The van der Waals surface area contributed by atoms with E-state index in [9.17, 15) is 4.79 Å². The van der Waals surface area contributed by atoms with Gasteiger partial charge in [0.25, 0.3) is 5.91 Å².